The second-order valence-corrected chi connectivity index (χ2v) is 14.0. The number of halogens is 2. The summed E-state index contributed by atoms with van der Waals surface area (Å²) in [5.74, 6) is -2.34. The normalized spacial score (nSPS) is 27.3. The zero-order valence-electron chi connectivity index (χ0n) is 30.9. The number of hydrogen-bond donors (Lipinski definition) is 6. The highest BCUT2D eigenvalue weighted by atomic mass is 19.1. The lowest BCUT2D eigenvalue weighted by Crippen LogP contribution is -2.61. The third kappa shape index (κ3) is 7.71. The van der Waals surface area contributed by atoms with Crippen LogP contribution in [0.3, 0.4) is 0 Å². The van der Waals surface area contributed by atoms with Gasteiger partial charge in [-0.1, -0.05) is 34.7 Å². The van der Waals surface area contributed by atoms with Gasteiger partial charge in [0.1, 0.15) is 71.7 Å². The van der Waals surface area contributed by atoms with Gasteiger partial charge in [0, 0.05) is 36.3 Å². The Hall–Kier alpha value is -5.58. The first-order chi connectivity index (χ1) is 27.8. The molecule has 2 saturated heterocycles. The zero-order chi connectivity index (χ0) is 41.4. The molecule has 0 saturated carbocycles. The molecule has 0 bridgehead atoms. The predicted molar refractivity (Wildman–Crippen MR) is 195 cm³/mol. The van der Waals surface area contributed by atoms with Crippen molar-refractivity contribution < 1.29 is 58.5 Å². The summed E-state index contributed by atoms with van der Waals surface area (Å²) in [4.78, 5) is 29.6. The van der Waals surface area contributed by atoms with Crippen LogP contribution in [0.4, 0.5) is 8.78 Å². The smallest absolute Gasteiger partial charge is 0.255 e. The summed E-state index contributed by atoms with van der Waals surface area (Å²) in [5.41, 5.74) is 1.40. The van der Waals surface area contributed by atoms with E-state index in [1.165, 1.54) is 87.2 Å². The molecule has 4 heterocycles. The fourth-order valence-electron chi connectivity index (χ4n) is 7.23. The summed E-state index contributed by atoms with van der Waals surface area (Å²) < 4.78 is 41.6. The summed E-state index contributed by atoms with van der Waals surface area (Å²) in [6, 6.07) is 14.1. The molecule has 2 aliphatic rings. The maximum Gasteiger partial charge on any atom is 0.255 e. The average Bonchev–Trinajstić information content (AvgIpc) is 3.92. The molecule has 306 valence electrons. The van der Waals surface area contributed by atoms with E-state index in [0.29, 0.717) is 11.1 Å². The Morgan fingerprint density at radius 2 is 1.02 bits per heavy atom. The van der Waals surface area contributed by atoms with Gasteiger partial charge in [0.2, 0.25) is 0 Å². The molecule has 20 heteroatoms. The molecular formula is C38H40F2N8O10. The van der Waals surface area contributed by atoms with Crippen molar-refractivity contribution in [3.8, 4) is 22.5 Å². The number of aliphatic hydroxyl groups is 6. The van der Waals surface area contributed by atoms with Gasteiger partial charge in [-0.3, -0.25) is 9.59 Å². The Bertz CT molecular complexity index is 2090. The number of rotatable bonds is 10. The Kier molecular flexibility index (Phi) is 11.7. The molecule has 0 spiro atoms. The van der Waals surface area contributed by atoms with E-state index in [4.69, 9.17) is 9.47 Å². The van der Waals surface area contributed by atoms with Crippen molar-refractivity contribution in [3.63, 3.8) is 0 Å². The van der Waals surface area contributed by atoms with Gasteiger partial charge >= 0.3 is 0 Å². The average molecular weight is 807 g/mol. The van der Waals surface area contributed by atoms with Crippen LogP contribution in [-0.4, -0.2) is 159 Å². The van der Waals surface area contributed by atoms with Gasteiger partial charge in [-0.05, 0) is 48.5 Å². The molecule has 2 fully saturated rings. The van der Waals surface area contributed by atoms with Gasteiger partial charge < -0.3 is 49.9 Å². The first kappa shape index (κ1) is 40.6. The molecule has 18 nitrogen and oxygen atoms in total. The molecule has 5 aromatic rings. The quantitative estimate of drug-likeness (QED) is 0.109. The third-order valence-corrected chi connectivity index (χ3v) is 10.4. The zero-order valence-corrected chi connectivity index (χ0v) is 30.9. The van der Waals surface area contributed by atoms with Crippen molar-refractivity contribution in [1.82, 2.24) is 39.8 Å². The first-order valence-corrected chi connectivity index (χ1v) is 18.1. The maximum absolute atomic E-state index is 13.9. The topological polar surface area (TPSA) is 242 Å². The third-order valence-electron chi connectivity index (χ3n) is 10.4. The predicted octanol–water partition coefficient (Wildman–Crippen LogP) is -0.0136. The van der Waals surface area contributed by atoms with Crippen molar-refractivity contribution in [2.45, 2.75) is 61.2 Å². The van der Waals surface area contributed by atoms with Gasteiger partial charge in [-0.2, -0.15) is 0 Å². The van der Waals surface area contributed by atoms with E-state index in [-0.39, 0.29) is 22.5 Å². The number of nitrogens with zero attached hydrogens (tertiary/aromatic N) is 8. The molecule has 2 aliphatic heterocycles. The number of carbonyl (C=O) groups excluding carboxylic acids is 2. The lowest BCUT2D eigenvalue weighted by molar-refractivity contribution is -0.235. The number of likely N-dealkylation sites (N-methyl/N-ethyl adjacent to an activating group) is 2. The van der Waals surface area contributed by atoms with E-state index in [1.54, 1.807) is 12.1 Å². The van der Waals surface area contributed by atoms with E-state index >= 15 is 0 Å². The molecule has 2 aromatic heterocycles. The van der Waals surface area contributed by atoms with Crippen molar-refractivity contribution in [1.29, 1.82) is 0 Å². The standard InChI is InChI=1S/C38H40F2N8O10/c1-45(37-33(53)29(31(51)27(17-49)57-37)47-15-25(41-43-47)21-5-3-7-23(39)13-21)35(55)19-9-11-20(12-10-19)36(56)46(2)38-34(54)30(32(52)28(18-50)58-38)48-16-26(42-44-48)22-6-4-8-24(40)14-22/h3-16,27-34,37-38,49-54H,17-18H2,1-2H3/t27-,28-,29+,30+,31+,32+,33-,34-,37-,38-/m1/s1. The van der Waals surface area contributed by atoms with Crippen LogP contribution in [0.25, 0.3) is 22.5 Å². The van der Waals surface area contributed by atoms with E-state index in [2.05, 4.69) is 20.6 Å². The number of aliphatic hydroxyl groups excluding tert-OH is 6. The summed E-state index contributed by atoms with van der Waals surface area (Å²) in [7, 11) is 2.68. The fourth-order valence-corrected chi connectivity index (χ4v) is 7.23. The van der Waals surface area contributed by atoms with Gasteiger partial charge in [0.25, 0.3) is 11.8 Å². The number of carbonyl (C=O) groups is 2. The molecule has 7 rings (SSSR count). The van der Waals surface area contributed by atoms with E-state index in [0.717, 1.165) is 19.2 Å². The van der Waals surface area contributed by atoms with Crippen molar-refractivity contribution in [3.05, 3.63) is 108 Å². The van der Waals surface area contributed by atoms with Crippen LogP contribution in [0.5, 0.6) is 0 Å². The summed E-state index contributed by atoms with van der Waals surface area (Å²) in [6.07, 6.45) is -8.72. The number of ether oxygens (including phenoxy) is 2. The summed E-state index contributed by atoms with van der Waals surface area (Å²) >= 11 is 0. The minimum absolute atomic E-state index is 0.0626. The van der Waals surface area contributed by atoms with E-state index in [9.17, 15) is 49.0 Å². The Labute approximate surface area is 328 Å². The molecule has 0 unspecified atom stereocenters. The monoisotopic (exact) mass is 806 g/mol. The molecule has 58 heavy (non-hydrogen) atoms. The van der Waals surface area contributed by atoms with E-state index < -0.39 is 97.8 Å². The first-order valence-electron chi connectivity index (χ1n) is 18.1. The summed E-state index contributed by atoms with van der Waals surface area (Å²) in [5, 5.41) is 81.1. The largest absolute Gasteiger partial charge is 0.394 e. The Morgan fingerprint density at radius 3 is 1.36 bits per heavy atom. The Morgan fingerprint density at radius 1 is 0.638 bits per heavy atom. The highest BCUT2D eigenvalue weighted by Gasteiger charge is 2.50. The lowest BCUT2D eigenvalue weighted by Gasteiger charge is -2.45. The fraction of sp³-hybridized carbons (Fsp3) is 0.368. The minimum atomic E-state index is -1.60. The van der Waals surface area contributed by atoms with Gasteiger partial charge in [0.15, 0.2) is 12.5 Å². The second kappa shape index (κ2) is 16.7. The van der Waals surface area contributed by atoms with Gasteiger partial charge in [-0.25, -0.2) is 18.1 Å². The SMILES string of the molecule is CN(C(=O)c1ccc(C(=O)N(C)[C@@H]2O[C@H](CO)[C@H](O)[C@H](n3cc(-c4cccc(F)c4)nn3)[C@H]2O)cc1)[C@@H]1O[C@H](CO)[C@H](O)[C@H](n2cc(-c3cccc(F)c3)nn2)[C@H]1O. The number of aromatic nitrogens is 6. The molecule has 0 radical (unpaired) electrons. The van der Waals surface area contributed by atoms with Crippen LogP contribution in [0.15, 0.2) is 85.2 Å². The van der Waals surface area contributed by atoms with Crippen LogP contribution >= 0.6 is 0 Å². The van der Waals surface area contributed by atoms with Crippen molar-refractivity contribution in [2.24, 2.45) is 0 Å². The van der Waals surface area contributed by atoms with E-state index in [1.807, 2.05) is 0 Å². The number of hydrogen-bond acceptors (Lipinski definition) is 14. The molecule has 6 N–H and O–H groups in total. The number of benzene rings is 3. The van der Waals surface area contributed by atoms with Gasteiger partial charge in [-0.15, -0.1) is 10.2 Å². The molecule has 0 aliphatic carbocycles. The molecular weight excluding hydrogens is 766 g/mol. The minimum Gasteiger partial charge on any atom is -0.394 e. The van der Waals surface area contributed by atoms with Crippen molar-refractivity contribution in [2.75, 3.05) is 27.3 Å². The number of amides is 2. The molecule has 2 amide bonds. The van der Waals surface area contributed by atoms with Crippen LogP contribution in [0.2, 0.25) is 0 Å². The van der Waals surface area contributed by atoms with Crippen LogP contribution < -0.4 is 0 Å². The summed E-state index contributed by atoms with van der Waals surface area (Å²) in [6.45, 7) is -1.35. The lowest BCUT2D eigenvalue weighted by atomic mass is 9.94. The Balaban J connectivity index is 1.06. The van der Waals surface area contributed by atoms with Gasteiger partial charge in [0.05, 0.1) is 25.6 Å². The van der Waals surface area contributed by atoms with Crippen LogP contribution in [0.1, 0.15) is 32.8 Å². The van der Waals surface area contributed by atoms with Crippen molar-refractivity contribution >= 4 is 11.8 Å². The molecule has 3 aromatic carbocycles. The highest BCUT2D eigenvalue weighted by Crippen LogP contribution is 2.34. The highest BCUT2D eigenvalue weighted by molar-refractivity contribution is 5.98. The molecule has 10 atom stereocenters. The van der Waals surface area contributed by atoms with Crippen LogP contribution in [0, 0.1) is 11.6 Å². The second-order valence-electron chi connectivity index (χ2n) is 14.0. The maximum atomic E-state index is 13.9. The van der Waals surface area contributed by atoms with Crippen LogP contribution in [-0.2, 0) is 9.47 Å².